The van der Waals surface area contributed by atoms with Crippen LogP contribution in [0.2, 0.25) is 0 Å². The van der Waals surface area contributed by atoms with Crippen LogP contribution in [0, 0.1) is 5.92 Å². The summed E-state index contributed by atoms with van der Waals surface area (Å²) in [6.45, 7) is 12.8. The maximum Gasteiger partial charge on any atom is 0.314 e. The second-order valence-electron chi connectivity index (χ2n) is 7.25. The predicted molar refractivity (Wildman–Crippen MR) is 91.4 cm³/mol. The van der Waals surface area contributed by atoms with E-state index in [2.05, 4.69) is 41.8 Å². The van der Waals surface area contributed by atoms with E-state index in [0.29, 0.717) is 6.54 Å². The Labute approximate surface area is 137 Å². The number of amides is 2. The van der Waals surface area contributed by atoms with Crippen molar-refractivity contribution in [1.82, 2.24) is 15.6 Å². The topological polar surface area (TPSA) is 74.2 Å². The Balaban J connectivity index is 2.32. The SMILES string of the molecule is CC(C)C(C)(O)CNC(=O)NCCc1nc(C(C)(C)C)cs1. The lowest BCUT2D eigenvalue weighted by Gasteiger charge is -2.27. The van der Waals surface area contributed by atoms with E-state index in [-0.39, 0.29) is 23.9 Å². The first-order valence-corrected chi connectivity index (χ1v) is 8.59. The van der Waals surface area contributed by atoms with Gasteiger partial charge in [0.2, 0.25) is 0 Å². The molecule has 5 nitrogen and oxygen atoms in total. The molecule has 0 aliphatic carbocycles. The van der Waals surface area contributed by atoms with Crippen molar-refractivity contribution in [1.29, 1.82) is 0 Å². The van der Waals surface area contributed by atoms with Gasteiger partial charge in [-0.3, -0.25) is 0 Å². The zero-order chi connectivity index (χ0) is 17.0. The maximum absolute atomic E-state index is 11.7. The minimum absolute atomic E-state index is 0.0575. The minimum Gasteiger partial charge on any atom is -0.388 e. The van der Waals surface area contributed by atoms with E-state index in [4.69, 9.17) is 0 Å². The van der Waals surface area contributed by atoms with Crippen molar-refractivity contribution < 1.29 is 9.90 Å². The third kappa shape index (κ3) is 5.93. The Bertz CT molecular complexity index is 490. The molecule has 0 aliphatic rings. The second-order valence-corrected chi connectivity index (χ2v) is 8.19. The van der Waals surface area contributed by atoms with E-state index in [1.807, 2.05) is 13.8 Å². The lowest BCUT2D eigenvalue weighted by molar-refractivity contribution is 0.0166. The largest absolute Gasteiger partial charge is 0.388 e. The second kappa shape index (κ2) is 7.42. The Hall–Kier alpha value is -1.14. The van der Waals surface area contributed by atoms with Crippen molar-refractivity contribution in [2.24, 2.45) is 5.92 Å². The smallest absolute Gasteiger partial charge is 0.314 e. The fourth-order valence-electron chi connectivity index (χ4n) is 1.58. The monoisotopic (exact) mass is 327 g/mol. The van der Waals surface area contributed by atoms with Gasteiger partial charge in [-0.25, -0.2) is 9.78 Å². The van der Waals surface area contributed by atoms with E-state index in [9.17, 15) is 9.90 Å². The molecule has 0 saturated carbocycles. The highest BCUT2D eigenvalue weighted by Gasteiger charge is 2.25. The first kappa shape index (κ1) is 18.9. The number of hydrogen-bond donors (Lipinski definition) is 3. The summed E-state index contributed by atoms with van der Waals surface area (Å²) in [6, 6.07) is -0.256. The molecule has 126 valence electrons. The van der Waals surface area contributed by atoms with Crippen molar-refractivity contribution in [2.45, 2.75) is 59.0 Å². The van der Waals surface area contributed by atoms with Gasteiger partial charge >= 0.3 is 6.03 Å². The summed E-state index contributed by atoms with van der Waals surface area (Å²) < 4.78 is 0. The third-order valence-electron chi connectivity index (χ3n) is 3.80. The molecule has 3 N–H and O–H groups in total. The number of nitrogens with zero attached hydrogens (tertiary/aromatic N) is 1. The van der Waals surface area contributed by atoms with Gasteiger partial charge in [-0.2, -0.15) is 0 Å². The van der Waals surface area contributed by atoms with Crippen LogP contribution < -0.4 is 10.6 Å². The Morgan fingerprint density at radius 1 is 1.32 bits per heavy atom. The van der Waals surface area contributed by atoms with Gasteiger partial charge < -0.3 is 15.7 Å². The van der Waals surface area contributed by atoms with Crippen molar-refractivity contribution in [2.75, 3.05) is 13.1 Å². The Morgan fingerprint density at radius 2 is 1.95 bits per heavy atom. The van der Waals surface area contributed by atoms with Crippen LogP contribution in [0.25, 0.3) is 0 Å². The molecule has 6 heteroatoms. The minimum atomic E-state index is -0.895. The Morgan fingerprint density at radius 3 is 2.45 bits per heavy atom. The Kier molecular flexibility index (Phi) is 6.38. The number of rotatable bonds is 6. The van der Waals surface area contributed by atoms with Crippen LogP contribution in [0.3, 0.4) is 0 Å². The number of thiazole rings is 1. The fraction of sp³-hybridized carbons (Fsp3) is 0.750. The van der Waals surface area contributed by atoms with E-state index in [0.717, 1.165) is 17.1 Å². The first-order chi connectivity index (χ1) is 10.0. The van der Waals surface area contributed by atoms with Crippen LogP contribution >= 0.6 is 11.3 Å². The van der Waals surface area contributed by atoms with Crippen LogP contribution in [-0.4, -0.2) is 34.8 Å². The molecule has 0 fully saturated rings. The van der Waals surface area contributed by atoms with Crippen LogP contribution in [0.4, 0.5) is 4.79 Å². The predicted octanol–water partition coefficient (Wildman–Crippen LogP) is 2.69. The molecule has 0 bridgehead atoms. The van der Waals surface area contributed by atoms with Gasteiger partial charge in [-0.1, -0.05) is 34.6 Å². The first-order valence-electron chi connectivity index (χ1n) is 7.71. The standard InChI is InChI=1S/C16H29N3O2S/c1-11(2)16(6,21)10-18-14(20)17-8-7-13-19-12(9-22-13)15(3,4)5/h9,11,21H,7-8,10H2,1-6H3,(H2,17,18,20). The van der Waals surface area contributed by atoms with Crippen LogP contribution in [0.15, 0.2) is 5.38 Å². The summed E-state index contributed by atoms with van der Waals surface area (Å²) in [4.78, 5) is 16.3. The highest BCUT2D eigenvalue weighted by Crippen LogP contribution is 2.23. The number of nitrogens with one attached hydrogen (secondary N) is 2. The zero-order valence-electron chi connectivity index (χ0n) is 14.5. The molecular weight excluding hydrogens is 298 g/mol. The molecule has 0 aromatic carbocycles. The van der Waals surface area contributed by atoms with Gasteiger partial charge in [0.1, 0.15) is 0 Å². The molecule has 1 rings (SSSR count). The van der Waals surface area contributed by atoms with Crippen LogP contribution in [0.1, 0.15) is 52.2 Å². The molecular formula is C16H29N3O2S. The van der Waals surface area contributed by atoms with Gasteiger partial charge in [0, 0.05) is 30.3 Å². The molecule has 1 heterocycles. The fourth-order valence-corrected chi connectivity index (χ4v) is 2.60. The highest BCUT2D eigenvalue weighted by atomic mass is 32.1. The molecule has 22 heavy (non-hydrogen) atoms. The van der Waals surface area contributed by atoms with E-state index < -0.39 is 5.60 Å². The van der Waals surface area contributed by atoms with Crippen LogP contribution in [0.5, 0.6) is 0 Å². The summed E-state index contributed by atoms with van der Waals surface area (Å²) in [7, 11) is 0. The lowest BCUT2D eigenvalue weighted by Crippen LogP contribution is -2.47. The molecule has 2 amide bonds. The van der Waals surface area contributed by atoms with Crippen LogP contribution in [-0.2, 0) is 11.8 Å². The van der Waals surface area contributed by atoms with Crippen molar-refractivity contribution in [3.63, 3.8) is 0 Å². The van der Waals surface area contributed by atoms with Crippen molar-refractivity contribution in [3.05, 3.63) is 16.1 Å². The van der Waals surface area contributed by atoms with Gasteiger partial charge in [0.15, 0.2) is 0 Å². The summed E-state index contributed by atoms with van der Waals surface area (Å²) >= 11 is 1.63. The number of aliphatic hydroxyl groups is 1. The van der Waals surface area contributed by atoms with Gasteiger partial charge in [-0.05, 0) is 12.8 Å². The molecule has 1 unspecified atom stereocenters. The van der Waals surface area contributed by atoms with Gasteiger partial charge in [0.05, 0.1) is 16.3 Å². The van der Waals surface area contributed by atoms with Crippen molar-refractivity contribution in [3.8, 4) is 0 Å². The molecule has 1 atom stereocenters. The number of carbonyl (C=O) groups excluding carboxylic acids is 1. The number of carbonyl (C=O) groups is 1. The van der Waals surface area contributed by atoms with Crippen molar-refractivity contribution >= 4 is 17.4 Å². The highest BCUT2D eigenvalue weighted by molar-refractivity contribution is 7.09. The summed E-state index contributed by atoms with van der Waals surface area (Å²) in [5.74, 6) is 0.0823. The molecule has 1 aromatic heterocycles. The number of urea groups is 1. The third-order valence-corrected chi connectivity index (χ3v) is 4.70. The lowest BCUT2D eigenvalue weighted by atomic mass is 9.93. The zero-order valence-corrected chi connectivity index (χ0v) is 15.3. The molecule has 0 aliphatic heterocycles. The average Bonchev–Trinajstić information content (AvgIpc) is 2.85. The van der Waals surface area contributed by atoms with E-state index >= 15 is 0 Å². The number of hydrogen-bond acceptors (Lipinski definition) is 4. The molecule has 0 radical (unpaired) electrons. The van der Waals surface area contributed by atoms with Gasteiger partial charge in [-0.15, -0.1) is 11.3 Å². The summed E-state index contributed by atoms with van der Waals surface area (Å²) in [5.41, 5.74) is 0.251. The van der Waals surface area contributed by atoms with E-state index in [1.165, 1.54) is 0 Å². The maximum atomic E-state index is 11.7. The summed E-state index contributed by atoms with van der Waals surface area (Å²) in [5, 5.41) is 18.7. The molecule has 0 saturated heterocycles. The summed E-state index contributed by atoms with van der Waals surface area (Å²) in [6.07, 6.45) is 0.717. The average molecular weight is 327 g/mol. The number of aromatic nitrogens is 1. The van der Waals surface area contributed by atoms with Gasteiger partial charge in [0.25, 0.3) is 0 Å². The van der Waals surface area contributed by atoms with E-state index in [1.54, 1.807) is 18.3 Å². The molecule has 1 aromatic rings. The normalized spacial score (nSPS) is 14.7. The quantitative estimate of drug-likeness (QED) is 0.752. The molecule has 0 spiro atoms.